The molecule has 2 aromatic heterocycles. The molecule has 4 aromatic rings. The lowest BCUT2D eigenvalue weighted by Crippen LogP contribution is -2.24. The van der Waals surface area contributed by atoms with Gasteiger partial charge in [0.15, 0.2) is 5.78 Å². The van der Waals surface area contributed by atoms with E-state index in [0.29, 0.717) is 15.8 Å². The van der Waals surface area contributed by atoms with Gasteiger partial charge in [-0.05, 0) is 43.5 Å². The highest BCUT2D eigenvalue weighted by atomic mass is 32.1. The Morgan fingerprint density at radius 3 is 2.50 bits per heavy atom. The van der Waals surface area contributed by atoms with Gasteiger partial charge in [0, 0.05) is 16.0 Å². The van der Waals surface area contributed by atoms with Crippen LogP contribution in [0.15, 0.2) is 59.7 Å². The fourth-order valence-electron chi connectivity index (χ4n) is 3.36. The van der Waals surface area contributed by atoms with E-state index < -0.39 is 0 Å². The Morgan fingerprint density at radius 2 is 1.79 bits per heavy atom. The zero-order chi connectivity index (χ0) is 19.8. The standard InChI is InChI=1S/C23H20N2O2S/c1-14-9-10-18(11-15(14)2)19(26)12-25-13-24-22-21(23(25)27)20(16(3)28-22)17-7-5-4-6-8-17/h4-11,13H,12H2,1-3H3. The first-order valence-corrected chi connectivity index (χ1v) is 9.92. The van der Waals surface area contributed by atoms with Gasteiger partial charge in [-0.2, -0.15) is 0 Å². The summed E-state index contributed by atoms with van der Waals surface area (Å²) in [4.78, 5) is 32.1. The molecule has 0 bridgehead atoms. The van der Waals surface area contributed by atoms with Gasteiger partial charge in [-0.1, -0.05) is 42.5 Å². The van der Waals surface area contributed by atoms with Crippen LogP contribution in [0, 0.1) is 20.8 Å². The van der Waals surface area contributed by atoms with E-state index in [1.807, 2.05) is 69.3 Å². The third-order valence-corrected chi connectivity index (χ3v) is 6.07. The predicted molar refractivity (Wildman–Crippen MR) is 114 cm³/mol. The molecule has 2 aromatic carbocycles. The van der Waals surface area contributed by atoms with E-state index in [4.69, 9.17) is 0 Å². The maximum absolute atomic E-state index is 13.2. The van der Waals surface area contributed by atoms with Gasteiger partial charge in [0.2, 0.25) is 0 Å². The molecule has 0 spiro atoms. The fourth-order valence-corrected chi connectivity index (χ4v) is 4.37. The van der Waals surface area contributed by atoms with E-state index in [9.17, 15) is 9.59 Å². The molecule has 0 aliphatic carbocycles. The van der Waals surface area contributed by atoms with Crippen molar-refractivity contribution in [2.75, 3.05) is 0 Å². The minimum Gasteiger partial charge on any atom is -0.292 e. The van der Waals surface area contributed by atoms with Crippen LogP contribution in [0.1, 0.15) is 26.4 Å². The number of aromatic nitrogens is 2. The van der Waals surface area contributed by atoms with Crippen LogP contribution < -0.4 is 5.56 Å². The monoisotopic (exact) mass is 388 g/mol. The SMILES string of the molecule is Cc1ccc(C(=O)Cn2cnc3sc(C)c(-c4ccccc4)c3c2=O)cc1C. The van der Waals surface area contributed by atoms with Crippen LogP contribution in [0.25, 0.3) is 21.3 Å². The minimum atomic E-state index is -0.176. The number of hydrogen-bond acceptors (Lipinski definition) is 4. The van der Waals surface area contributed by atoms with E-state index in [2.05, 4.69) is 4.98 Å². The van der Waals surface area contributed by atoms with Gasteiger partial charge in [-0.15, -0.1) is 11.3 Å². The van der Waals surface area contributed by atoms with E-state index in [0.717, 1.165) is 27.1 Å². The number of Topliss-reactive ketones (excluding diaryl/α,β-unsaturated/α-hetero) is 1. The van der Waals surface area contributed by atoms with E-state index >= 15 is 0 Å². The molecule has 4 rings (SSSR count). The van der Waals surface area contributed by atoms with Crippen LogP contribution in [-0.4, -0.2) is 15.3 Å². The number of thiophene rings is 1. The zero-order valence-electron chi connectivity index (χ0n) is 16.0. The largest absolute Gasteiger partial charge is 0.292 e. The van der Waals surface area contributed by atoms with Crippen LogP contribution in [0.3, 0.4) is 0 Å². The molecule has 0 fully saturated rings. The summed E-state index contributed by atoms with van der Waals surface area (Å²) < 4.78 is 1.42. The van der Waals surface area contributed by atoms with Gasteiger partial charge in [0.25, 0.3) is 5.56 Å². The Hall–Kier alpha value is -3.05. The first-order valence-electron chi connectivity index (χ1n) is 9.10. The van der Waals surface area contributed by atoms with Crippen molar-refractivity contribution in [2.45, 2.75) is 27.3 Å². The Morgan fingerprint density at radius 1 is 1.04 bits per heavy atom. The number of carbonyl (C=O) groups is 1. The molecule has 0 aliphatic rings. The lowest BCUT2D eigenvalue weighted by atomic mass is 10.0. The third kappa shape index (κ3) is 3.18. The molecule has 0 unspecified atom stereocenters. The molecular formula is C23H20N2O2S. The van der Waals surface area contributed by atoms with Crippen molar-refractivity contribution in [3.8, 4) is 11.1 Å². The molecule has 0 radical (unpaired) electrons. The van der Waals surface area contributed by atoms with Crippen LogP contribution in [0.5, 0.6) is 0 Å². The average molecular weight is 388 g/mol. The molecule has 2 heterocycles. The molecule has 0 saturated heterocycles. The van der Waals surface area contributed by atoms with Crippen LogP contribution in [0.4, 0.5) is 0 Å². The van der Waals surface area contributed by atoms with E-state index in [-0.39, 0.29) is 17.9 Å². The number of nitrogens with zero attached hydrogens (tertiary/aromatic N) is 2. The summed E-state index contributed by atoms with van der Waals surface area (Å²) in [7, 11) is 0. The van der Waals surface area contributed by atoms with Crippen molar-refractivity contribution in [1.82, 2.24) is 9.55 Å². The maximum Gasteiger partial charge on any atom is 0.263 e. The van der Waals surface area contributed by atoms with Crippen molar-refractivity contribution in [1.29, 1.82) is 0 Å². The first kappa shape index (κ1) is 18.3. The topological polar surface area (TPSA) is 52.0 Å². The number of hydrogen-bond donors (Lipinski definition) is 0. The van der Waals surface area contributed by atoms with Crippen LogP contribution in [0.2, 0.25) is 0 Å². The van der Waals surface area contributed by atoms with Crippen molar-refractivity contribution < 1.29 is 4.79 Å². The van der Waals surface area contributed by atoms with Crippen LogP contribution >= 0.6 is 11.3 Å². The lowest BCUT2D eigenvalue weighted by molar-refractivity contribution is 0.0970. The minimum absolute atomic E-state index is 0.0204. The summed E-state index contributed by atoms with van der Waals surface area (Å²) in [5.74, 6) is -0.0976. The van der Waals surface area contributed by atoms with E-state index in [1.165, 1.54) is 22.2 Å². The van der Waals surface area contributed by atoms with Crippen molar-refractivity contribution in [2.24, 2.45) is 0 Å². The second-order valence-corrected chi connectivity index (χ2v) is 8.18. The molecule has 28 heavy (non-hydrogen) atoms. The first-order chi connectivity index (χ1) is 13.5. The summed E-state index contributed by atoms with van der Waals surface area (Å²) in [5, 5.41) is 0.587. The summed E-state index contributed by atoms with van der Waals surface area (Å²) in [6.45, 7) is 5.97. The molecule has 0 N–H and O–H groups in total. The Labute approximate surface area is 167 Å². The molecule has 5 heteroatoms. The molecule has 4 nitrogen and oxygen atoms in total. The van der Waals surface area contributed by atoms with Crippen LogP contribution in [-0.2, 0) is 6.54 Å². The average Bonchev–Trinajstić information content (AvgIpc) is 3.03. The van der Waals surface area contributed by atoms with E-state index in [1.54, 1.807) is 0 Å². The normalized spacial score (nSPS) is 11.1. The second-order valence-electron chi connectivity index (χ2n) is 6.98. The smallest absolute Gasteiger partial charge is 0.263 e. The summed E-state index contributed by atoms with van der Waals surface area (Å²) in [5.41, 5.74) is 4.53. The number of ketones is 1. The summed E-state index contributed by atoms with van der Waals surface area (Å²) >= 11 is 1.51. The molecule has 140 valence electrons. The third-order valence-electron chi connectivity index (χ3n) is 5.06. The van der Waals surface area contributed by atoms with Gasteiger partial charge in [0.1, 0.15) is 4.83 Å². The number of benzene rings is 2. The molecule has 0 aliphatic heterocycles. The number of rotatable bonds is 4. The Balaban J connectivity index is 1.79. The number of carbonyl (C=O) groups excluding carboxylic acids is 1. The Kier molecular flexibility index (Phi) is 4.69. The van der Waals surface area contributed by atoms with Gasteiger partial charge >= 0.3 is 0 Å². The van der Waals surface area contributed by atoms with Gasteiger partial charge < -0.3 is 0 Å². The zero-order valence-corrected chi connectivity index (χ0v) is 16.8. The fraction of sp³-hybridized carbons (Fsp3) is 0.174. The molecular weight excluding hydrogens is 368 g/mol. The second kappa shape index (κ2) is 7.17. The summed E-state index contributed by atoms with van der Waals surface area (Å²) in [6.07, 6.45) is 1.48. The summed E-state index contributed by atoms with van der Waals surface area (Å²) in [6, 6.07) is 15.5. The van der Waals surface area contributed by atoms with Crippen molar-refractivity contribution in [3.05, 3.63) is 86.8 Å². The predicted octanol–water partition coefficient (Wildman–Crippen LogP) is 4.93. The Bertz CT molecular complexity index is 1250. The highest BCUT2D eigenvalue weighted by Crippen LogP contribution is 2.35. The van der Waals surface area contributed by atoms with Gasteiger partial charge in [-0.3, -0.25) is 14.2 Å². The molecule has 0 amide bonds. The highest BCUT2D eigenvalue weighted by Gasteiger charge is 2.18. The quantitative estimate of drug-likeness (QED) is 0.466. The molecule has 0 saturated carbocycles. The molecule has 0 atom stereocenters. The van der Waals surface area contributed by atoms with Crippen molar-refractivity contribution in [3.63, 3.8) is 0 Å². The van der Waals surface area contributed by atoms with Crippen molar-refractivity contribution >= 4 is 27.3 Å². The van der Waals surface area contributed by atoms with Gasteiger partial charge in [0.05, 0.1) is 18.3 Å². The maximum atomic E-state index is 13.2. The highest BCUT2D eigenvalue weighted by molar-refractivity contribution is 7.19. The lowest BCUT2D eigenvalue weighted by Gasteiger charge is -2.08. The van der Waals surface area contributed by atoms with Gasteiger partial charge in [-0.25, -0.2) is 4.98 Å². The number of fused-ring (bicyclic) bond motifs is 1. The number of aryl methyl sites for hydroxylation is 3.